The third-order valence-corrected chi connectivity index (χ3v) is 6.67. The highest BCUT2D eigenvalue weighted by atomic mass is 32.2. The van der Waals surface area contributed by atoms with E-state index in [4.69, 9.17) is 4.52 Å². The van der Waals surface area contributed by atoms with Crippen LogP contribution in [0.15, 0.2) is 27.6 Å². The summed E-state index contributed by atoms with van der Waals surface area (Å²) in [5.74, 6) is 0.618. The van der Waals surface area contributed by atoms with Crippen LogP contribution in [-0.4, -0.2) is 44.7 Å². The second-order valence-electron chi connectivity index (χ2n) is 7.00. The number of hydrogen-bond acceptors (Lipinski definition) is 5. The summed E-state index contributed by atoms with van der Waals surface area (Å²) in [7, 11) is -3.57. The molecule has 6 nitrogen and oxygen atoms in total. The fourth-order valence-electron chi connectivity index (χ4n) is 3.31. The minimum absolute atomic E-state index is 0.294. The quantitative estimate of drug-likeness (QED) is 0.837. The van der Waals surface area contributed by atoms with Gasteiger partial charge in [0.25, 0.3) is 0 Å². The molecule has 26 heavy (non-hydrogen) atoms. The van der Waals surface area contributed by atoms with Gasteiger partial charge in [0.05, 0.1) is 10.6 Å². The molecule has 1 saturated heterocycles. The molecule has 0 amide bonds. The van der Waals surface area contributed by atoms with Gasteiger partial charge in [-0.2, -0.15) is 0 Å². The number of likely N-dealkylation sites (tertiary alicyclic amines) is 1. The lowest BCUT2D eigenvalue weighted by atomic mass is 10.1. The van der Waals surface area contributed by atoms with Crippen LogP contribution in [0.5, 0.6) is 0 Å². The van der Waals surface area contributed by atoms with Crippen molar-refractivity contribution in [1.29, 1.82) is 0 Å². The number of aryl methyl sites for hydroxylation is 2. The smallest absolute Gasteiger partial charge is 0.240 e. The van der Waals surface area contributed by atoms with Crippen molar-refractivity contribution in [3.63, 3.8) is 0 Å². The van der Waals surface area contributed by atoms with Gasteiger partial charge >= 0.3 is 0 Å². The van der Waals surface area contributed by atoms with Gasteiger partial charge in [-0.15, -0.1) is 0 Å². The minimum Gasteiger partial charge on any atom is -0.356 e. The third-order valence-electron chi connectivity index (χ3n) is 5.07. The molecule has 1 aliphatic heterocycles. The second-order valence-corrected chi connectivity index (χ2v) is 8.74. The van der Waals surface area contributed by atoms with Crippen molar-refractivity contribution < 1.29 is 12.9 Å². The zero-order chi connectivity index (χ0) is 18.7. The normalized spacial score (nSPS) is 16.1. The molecular formula is C19H27N3O3S. The molecule has 0 aliphatic carbocycles. The molecule has 7 heteroatoms. The Kier molecular flexibility index (Phi) is 5.79. The topological polar surface area (TPSA) is 75.4 Å². The average molecular weight is 378 g/mol. The summed E-state index contributed by atoms with van der Waals surface area (Å²) in [6.45, 7) is 8.88. The van der Waals surface area contributed by atoms with Crippen LogP contribution >= 0.6 is 0 Å². The van der Waals surface area contributed by atoms with Crippen LogP contribution in [0.2, 0.25) is 0 Å². The van der Waals surface area contributed by atoms with E-state index in [0.717, 1.165) is 36.5 Å². The summed E-state index contributed by atoms with van der Waals surface area (Å²) in [6.07, 6.45) is 3.67. The molecule has 1 aromatic carbocycles. The standard InChI is InChI=1S/C19H27N3O3S/c1-14-7-8-17(19-15(2)16(3)21-25-19)13-18(14)26(23,24)20-9-12-22-10-5-4-6-11-22/h7-8,13,20H,4-6,9-12H2,1-3H3. The van der Waals surface area contributed by atoms with E-state index >= 15 is 0 Å². The van der Waals surface area contributed by atoms with E-state index in [1.54, 1.807) is 6.07 Å². The number of aromatic nitrogens is 1. The van der Waals surface area contributed by atoms with Crippen LogP contribution in [0.25, 0.3) is 11.3 Å². The zero-order valence-electron chi connectivity index (χ0n) is 15.7. The summed E-state index contributed by atoms with van der Waals surface area (Å²) in [4.78, 5) is 2.61. The minimum atomic E-state index is -3.57. The summed E-state index contributed by atoms with van der Waals surface area (Å²) in [6, 6.07) is 5.35. The van der Waals surface area contributed by atoms with Gasteiger partial charge in [-0.25, -0.2) is 13.1 Å². The number of benzene rings is 1. The van der Waals surface area contributed by atoms with Crippen LogP contribution in [0, 0.1) is 20.8 Å². The van der Waals surface area contributed by atoms with Crippen LogP contribution in [0.3, 0.4) is 0 Å². The molecule has 0 bridgehead atoms. The van der Waals surface area contributed by atoms with E-state index in [-0.39, 0.29) is 0 Å². The maximum atomic E-state index is 12.8. The predicted octanol–water partition coefficient (Wildman–Crippen LogP) is 3.03. The predicted molar refractivity (Wildman–Crippen MR) is 102 cm³/mol. The molecule has 2 heterocycles. The van der Waals surface area contributed by atoms with Gasteiger partial charge in [-0.05, 0) is 58.3 Å². The number of piperidine rings is 1. The van der Waals surface area contributed by atoms with Crippen LogP contribution in [0.4, 0.5) is 0 Å². The fourth-order valence-corrected chi connectivity index (χ4v) is 4.60. The summed E-state index contributed by atoms with van der Waals surface area (Å²) >= 11 is 0. The first-order valence-corrected chi connectivity index (χ1v) is 10.6. The molecule has 3 rings (SSSR count). The van der Waals surface area contributed by atoms with Gasteiger partial charge in [-0.1, -0.05) is 23.7 Å². The Morgan fingerprint density at radius 2 is 1.88 bits per heavy atom. The Bertz CT molecular complexity index is 868. The maximum absolute atomic E-state index is 12.8. The molecule has 0 unspecified atom stereocenters. The zero-order valence-corrected chi connectivity index (χ0v) is 16.5. The molecule has 0 spiro atoms. The number of hydrogen-bond donors (Lipinski definition) is 1. The first-order valence-electron chi connectivity index (χ1n) is 9.14. The number of sulfonamides is 1. The fraction of sp³-hybridized carbons (Fsp3) is 0.526. The van der Waals surface area contributed by atoms with Crippen molar-refractivity contribution in [3.05, 3.63) is 35.0 Å². The van der Waals surface area contributed by atoms with Crippen LogP contribution in [-0.2, 0) is 10.0 Å². The Balaban J connectivity index is 1.76. The van der Waals surface area contributed by atoms with Crippen LogP contribution < -0.4 is 4.72 Å². The highest BCUT2D eigenvalue weighted by molar-refractivity contribution is 7.89. The van der Waals surface area contributed by atoms with Crippen molar-refractivity contribution in [2.24, 2.45) is 0 Å². The molecule has 1 aromatic heterocycles. The van der Waals surface area contributed by atoms with E-state index in [9.17, 15) is 8.42 Å². The van der Waals surface area contributed by atoms with Crippen LogP contribution in [0.1, 0.15) is 36.1 Å². The van der Waals surface area contributed by atoms with Gasteiger partial charge in [-0.3, -0.25) is 0 Å². The highest BCUT2D eigenvalue weighted by Gasteiger charge is 2.20. The molecule has 0 saturated carbocycles. The molecule has 0 radical (unpaired) electrons. The Labute approximate surface area is 155 Å². The van der Waals surface area contributed by atoms with Crippen molar-refractivity contribution in [1.82, 2.24) is 14.8 Å². The molecular weight excluding hydrogens is 350 g/mol. The summed E-state index contributed by atoms with van der Waals surface area (Å²) < 4.78 is 33.7. The van der Waals surface area contributed by atoms with E-state index in [1.165, 1.54) is 19.3 Å². The van der Waals surface area contributed by atoms with Gasteiger partial charge in [0.15, 0.2) is 5.76 Å². The molecule has 1 N–H and O–H groups in total. The van der Waals surface area contributed by atoms with E-state index in [1.807, 2.05) is 32.9 Å². The highest BCUT2D eigenvalue weighted by Crippen LogP contribution is 2.28. The molecule has 142 valence electrons. The SMILES string of the molecule is Cc1ccc(-c2onc(C)c2C)cc1S(=O)(=O)NCCN1CCCCC1. The first kappa shape index (κ1) is 19.1. The van der Waals surface area contributed by atoms with Gasteiger partial charge in [0, 0.05) is 24.2 Å². The maximum Gasteiger partial charge on any atom is 0.240 e. The monoisotopic (exact) mass is 377 g/mol. The number of rotatable bonds is 6. The van der Waals surface area contributed by atoms with E-state index in [0.29, 0.717) is 22.8 Å². The van der Waals surface area contributed by atoms with Crippen molar-refractivity contribution in [2.45, 2.75) is 44.9 Å². The average Bonchev–Trinajstić information content (AvgIpc) is 2.95. The summed E-state index contributed by atoms with van der Waals surface area (Å²) in [5, 5.41) is 3.96. The lowest BCUT2D eigenvalue weighted by molar-refractivity contribution is 0.233. The molecule has 2 aromatic rings. The van der Waals surface area contributed by atoms with Crippen molar-refractivity contribution >= 4 is 10.0 Å². The molecule has 0 atom stereocenters. The number of nitrogens with zero attached hydrogens (tertiary/aromatic N) is 2. The Morgan fingerprint density at radius 1 is 1.15 bits per heavy atom. The first-order chi connectivity index (χ1) is 12.4. The largest absolute Gasteiger partial charge is 0.356 e. The molecule has 1 aliphatic rings. The Morgan fingerprint density at radius 3 is 2.54 bits per heavy atom. The lowest BCUT2D eigenvalue weighted by Gasteiger charge is -2.26. The lowest BCUT2D eigenvalue weighted by Crippen LogP contribution is -2.37. The van der Waals surface area contributed by atoms with Crippen molar-refractivity contribution in [2.75, 3.05) is 26.2 Å². The Hall–Kier alpha value is -1.70. The van der Waals surface area contributed by atoms with Gasteiger partial charge < -0.3 is 9.42 Å². The molecule has 1 fully saturated rings. The number of nitrogens with one attached hydrogen (secondary N) is 1. The summed E-state index contributed by atoms with van der Waals surface area (Å²) in [5.41, 5.74) is 3.18. The van der Waals surface area contributed by atoms with Gasteiger partial charge in [0.2, 0.25) is 10.0 Å². The van der Waals surface area contributed by atoms with Crippen molar-refractivity contribution in [3.8, 4) is 11.3 Å². The third kappa shape index (κ3) is 4.16. The second kappa shape index (κ2) is 7.90. The van der Waals surface area contributed by atoms with E-state index in [2.05, 4.69) is 14.8 Å². The van der Waals surface area contributed by atoms with Gasteiger partial charge in [0.1, 0.15) is 0 Å². The van der Waals surface area contributed by atoms with E-state index < -0.39 is 10.0 Å².